The molecule has 0 saturated carbocycles. The first-order valence-electron chi connectivity index (χ1n) is 4.92. The van der Waals surface area contributed by atoms with Crippen molar-refractivity contribution in [2.24, 2.45) is 5.73 Å². The van der Waals surface area contributed by atoms with Gasteiger partial charge in [0.1, 0.15) is 5.52 Å². The Morgan fingerprint density at radius 1 is 1.43 bits per heavy atom. The molecular formula is C11H14N2O. The summed E-state index contributed by atoms with van der Waals surface area (Å²) in [6, 6.07) is 6.12. The molecule has 0 fully saturated rings. The number of oxazole rings is 1. The van der Waals surface area contributed by atoms with Gasteiger partial charge in [-0.1, -0.05) is 19.4 Å². The van der Waals surface area contributed by atoms with Crippen molar-refractivity contribution < 1.29 is 4.42 Å². The summed E-state index contributed by atoms with van der Waals surface area (Å²) in [5.74, 6) is 0.605. The second kappa shape index (κ2) is 3.80. The van der Waals surface area contributed by atoms with Gasteiger partial charge in [0.2, 0.25) is 5.89 Å². The van der Waals surface area contributed by atoms with Crippen LogP contribution in [0.5, 0.6) is 0 Å². The molecule has 0 aliphatic heterocycles. The Balaban J connectivity index is 2.43. The van der Waals surface area contributed by atoms with Gasteiger partial charge in [0.25, 0.3) is 0 Å². The molecular weight excluding hydrogens is 176 g/mol. The van der Waals surface area contributed by atoms with E-state index in [1.807, 2.05) is 6.07 Å². The molecule has 1 aromatic heterocycles. The highest BCUT2D eigenvalue weighted by atomic mass is 16.3. The van der Waals surface area contributed by atoms with E-state index in [4.69, 9.17) is 10.2 Å². The van der Waals surface area contributed by atoms with Gasteiger partial charge >= 0.3 is 0 Å². The van der Waals surface area contributed by atoms with Crippen molar-refractivity contribution in [1.29, 1.82) is 0 Å². The van der Waals surface area contributed by atoms with Crippen LogP contribution in [-0.4, -0.2) is 4.98 Å². The molecule has 0 saturated heterocycles. The van der Waals surface area contributed by atoms with Gasteiger partial charge in [0, 0.05) is 0 Å². The Morgan fingerprint density at radius 3 is 3.00 bits per heavy atom. The van der Waals surface area contributed by atoms with Crippen LogP contribution in [0.25, 0.3) is 11.1 Å². The molecule has 1 aromatic carbocycles. The Kier molecular flexibility index (Phi) is 2.50. The van der Waals surface area contributed by atoms with E-state index in [1.165, 1.54) is 5.56 Å². The summed E-state index contributed by atoms with van der Waals surface area (Å²) >= 11 is 0. The summed E-state index contributed by atoms with van der Waals surface area (Å²) in [6.45, 7) is 2.52. The molecule has 0 unspecified atom stereocenters. The summed E-state index contributed by atoms with van der Waals surface area (Å²) in [7, 11) is 0. The second-order valence-electron chi connectivity index (χ2n) is 3.36. The van der Waals surface area contributed by atoms with Crippen LogP contribution in [0.3, 0.4) is 0 Å². The third-order valence-corrected chi connectivity index (χ3v) is 2.21. The van der Waals surface area contributed by atoms with E-state index < -0.39 is 0 Å². The summed E-state index contributed by atoms with van der Waals surface area (Å²) < 4.78 is 5.41. The Bertz CT molecular complexity index is 434. The number of hydrogen-bond donors (Lipinski definition) is 1. The van der Waals surface area contributed by atoms with Crippen molar-refractivity contribution in [3.8, 4) is 0 Å². The minimum Gasteiger partial charge on any atom is -0.439 e. The van der Waals surface area contributed by atoms with Crippen molar-refractivity contribution in [2.45, 2.75) is 26.3 Å². The lowest BCUT2D eigenvalue weighted by Crippen LogP contribution is -1.95. The summed E-state index contributed by atoms with van der Waals surface area (Å²) in [5, 5.41) is 0. The number of aryl methyl sites for hydroxylation is 1. The molecule has 2 aromatic rings. The predicted molar refractivity (Wildman–Crippen MR) is 55.9 cm³/mol. The van der Waals surface area contributed by atoms with Crippen molar-refractivity contribution >= 4 is 11.1 Å². The van der Waals surface area contributed by atoms with Crippen molar-refractivity contribution in [2.75, 3.05) is 0 Å². The van der Waals surface area contributed by atoms with Crippen LogP contribution in [-0.2, 0) is 13.0 Å². The normalized spacial score (nSPS) is 11.0. The smallest absolute Gasteiger partial charge is 0.209 e. The van der Waals surface area contributed by atoms with Crippen molar-refractivity contribution in [1.82, 2.24) is 4.98 Å². The maximum absolute atomic E-state index is 5.45. The maximum Gasteiger partial charge on any atom is 0.209 e. The topological polar surface area (TPSA) is 52.0 Å². The number of aromatic nitrogens is 1. The molecule has 3 heteroatoms. The molecule has 2 N–H and O–H groups in total. The van der Waals surface area contributed by atoms with Gasteiger partial charge in [-0.3, -0.25) is 0 Å². The lowest BCUT2D eigenvalue weighted by atomic mass is 10.1. The highest BCUT2D eigenvalue weighted by Crippen LogP contribution is 2.17. The van der Waals surface area contributed by atoms with Crippen LogP contribution in [0.2, 0.25) is 0 Å². The summed E-state index contributed by atoms with van der Waals surface area (Å²) in [4.78, 5) is 4.28. The van der Waals surface area contributed by atoms with E-state index in [0.717, 1.165) is 23.9 Å². The molecule has 0 radical (unpaired) electrons. The van der Waals surface area contributed by atoms with Crippen LogP contribution >= 0.6 is 0 Å². The number of nitrogens with two attached hydrogens (primary N) is 1. The Labute approximate surface area is 82.9 Å². The minimum atomic E-state index is 0.359. The van der Waals surface area contributed by atoms with E-state index in [-0.39, 0.29) is 0 Å². The van der Waals surface area contributed by atoms with E-state index >= 15 is 0 Å². The Hall–Kier alpha value is -1.35. The van der Waals surface area contributed by atoms with Gasteiger partial charge in [0.15, 0.2) is 5.58 Å². The molecule has 0 atom stereocenters. The zero-order chi connectivity index (χ0) is 9.97. The van der Waals surface area contributed by atoms with Gasteiger partial charge in [-0.05, 0) is 24.1 Å². The largest absolute Gasteiger partial charge is 0.439 e. The standard InChI is InChI=1S/C11H14N2O/c1-2-3-8-4-5-10-9(6-8)13-11(7-12)14-10/h4-6H,2-3,7,12H2,1H3. The highest BCUT2D eigenvalue weighted by molar-refractivity contribution is 5.73. The molecule has 0 aliphatic rings. The zero-order valence-corrected chi connectivity index (χ0v) is 8.29. The first-order valence-corrected chi connectivity index (χ1v) is 4.92. The monoisotopic (exact) mass is 190 g/mol. The molecule has 3 nitrogen and oxygen atoms in total. The molecule has 0 amide bonds. The first-order chi connectivity index (χ1) is 6.83. The highest BCUT2D eigenvalue weighted by Gasteiger charge is 2.04. The van der Waals surface area contributed by atoms with Crippen LogP contribution in [0.4, 0.5) is 0 Å². The molecule has 2 rings (SSSR count). The molecule has 0 bridgehead atoms. The van der Waals surface area contributed by atoms with Crippen LogP contribution in [0, 0.1) is 0 Å². The maximum atomic E-state index is 5.45. The average Bonchev–Trinajstić information content (AvgIpc) is 2.60. The first kappa shape index (κ1) is 9.21. The van der Waals surface area contributed by atoms with E-state index in [2.05, 4.69) is 24.0 Å². The fourth-order valence-corrected chi connectivity index (χ4v) is 1.55. The van der Waals surface area contributed by atoms with Crippen LogP contribution in [0.15, 0.2) is 22.6 Å². The number of fused-ring (bicyclic) bond motifs is 1. The number of benzene rings is 1. The van der Waals surface area contributed by atoms with Gasteiger partial charge in [-0.15, -0.1) is 0 Å². The molecule has 74 valence electrons. The molecule has 14 heavy (non-hydrogen) atoms. The summed E-state index contributed by atoms with van der Waals surface area (Å²) in [6.07, 6.45) is 2.23. The van der Waals surface area contributed by atoms with Crippen LogP contribution < -0.4 is 5.73 Å². The molecule has 0 aliphatic carbocycles. The van der Waals surface area contributed by atoms with E-state index in [9.17, 15) is 0 Å². The van der Waals surface area contributed by atoms with Gasteiger partial charge in [0.05, 0.1) is 6.54 Å². The van der Waals surface area contributed by atoms with Crippen molar-refractivity contribution in [3.63, 3.8) is 0 Å². The third kappa shape index (κ3) is 1.63. The van der Waals surface area contributed by atoms with Gasteiger partial charge < -0.3 is 10.2 Å². The third-order valence-electron chi connectivity index (χ3n) is 2.21. The van der Waals surface area contributed by atoms with Gasteiger partial charge in [-0.25, -0.2) is 4.98 Å². The summed E-state index contributed by atoms with van der Waals surface area (Å²) in [5.41, 5.74) is 8.49. The fourth-order valence-electron chi connectivity index (χ4n) is 1.55. The second-order valence-corrected chi connectivity index (χ2v) is 3.36. The number of hydrogen-bond acceptors (Lipinski definition) is 3. The SMILES string of the molecule is CCCc1ccc2oc(CN)nc2c1. The Morgan fingerprint density at radius 2 is 2.29 bits per heavy atom. The lowest BCUT2D eigenvalue weighted by molar-refractivity contribution is 0.533. The predicted octanol–water partition coefficient (Wildman–Crippen LogP) is 2.24. The van der Waals surface area contributed by atoms with Gasteiger partial charge in [-0.2, -0.15) is 0 Å². The van der Waals surface area contributed by atoms with E-state index in [0.29, 0.717) is 12.4 Å². The fraction of sp³-hybridized carbons (Fsp3) is 0.364. The lowest BCUT2D eigenvalue weighted by Gasteiger charge is -1.95. The zero-order valence-electron chi connectivity index (χ0n) is 8.29. The van der Waals surface area contributed by atoms with Crippen molar-refractivity contribution in [3.05, 3.63) is 29.7 Å². The minimum absolute atomic E-state index is 0.359. The van der Waals surface area contributed by atoms with E-state index in [1.54, 1.807) is 0 Å². The quantitative estimate of drug-likeness (QED) is 0.807. The average molecular weight is 190 g/mol. The number of nitrogens with zero attached hydrogens (tertiary/aromatic N) is 1. The molecule has 1 heterocycles. The molecule has 0 spiro atoms. The van der Waals surface area contributed by atoms with Crippen LogP contribution in [0.1, 0.15) is 24.8 Å². The number of rotatable bonds is 3.